The number of nitrogens with two attached hydrogens (primary N) is 1. The van der Waals surface area contributed by atoms with Crippen LogP contribution >= 0.6 is 11.6 Å². The van der Waals surface area contributed by atoms with Crippen molar-refractivity contribution in [3.8, 4) is 17.1 Å². The first-order valence-corrected chi connectivity index (χ1v) is 13.7. The Balaban J connectivity index is 1.70. The number of fused-ring (bicyclic) bond motifs is 5. The molecule has 4 N–H and O–H groups in total. The van der Waals surface area contributed by atoms with Crippen LogP contribution < -0.4 is 26.0 Å². The van der Waals surface area contributed by atoms with Gasteiger partial charge in [-0.3, -0.25) is 4.79 Å². The van der Waals surface area contributed by atoms with Crippen LogP contribution in [0.4, 0.5) is 29.1 Å². The third-order valence-corrected chi connectivity index (χ3v) is 8.79. The molecule has 2 saturated heterocycles. The molecular weight excluding hydrogens is 564 g/mol. The first kappa shape index (κ1) is 27.8. The van der Waals surface area contributed by atoms with Crippen molar-refractivity contribution in [1.29, 1.82) is 0 Å². The molecule has 4 atom stereocenters. The van der Waals surface area contributed by atoms with Gasteiger partial charge in [0.2, 0.25) is 5.88 Å². The summed E-state index contributed by atoms with van der Waals surface area (Å²) in [6.07, 6.45) is -4.70. The molecule has 218 valence electrons. The minimum absolute atomic E-state index is 0.00228. The molecule has 0 aliphatic carbocycles. The average Bonchev–Trinajstić information content (AvgIpc) is 3.13. The standard InChI is InChI=1S/C28H29ClF4N6O2/c1-11-18-19-24(36-21(11)25(40)35-4)39-10-27(3)6-5-17(38-27)23(39)12(2)41-26(19)37-22(20(18)30)14-7-13(34)8-16(29)15(14)9-28(31,32)33/h7-8,12,17,23,38H,5-6,9-10,34H2,1-4H3,(H,35,40). The van der Waals surface area contributed by atoms with Crippen LogP contribution in [-0.4, -0.2) is 59.4 Å². The maximum atomic E-state index is 16.8. The summed E-state index contributed by atoms with van der Waals surface area (Å²) in [7, 11) is 1.45. The molecule has 0 saturated carbocycles. The van der Waals surface area contributed by atoms with Gasteiger partial charge in [0.1, 0.15) is 23.3 Å². The van der Waals surface area contributed by atoms with E-state index >= 15 is 4.39 Å². The molecule has 2 bridgehead atoms. The van der Waals surface area contributed by atoms with Crippen LogP contribution in [0.25, 0.3) is 22.0 Å². The predicted molar refractivity (Wildman–Crippen MR) is 148 cm³/mol. The summed E-state index contributed by atoms with van der Waals surface area (Å²) >= 11 is 6.23. The van der Waals surface area contributed by atoms with E-state index < -0.39 is 36.1 Å². The number of nitrogen functional groups attached to an aromatic ring is 1. The van der Waals surface area contributed by atoms with Gasteiger partial charge < -0.3 is 26.0 Å². The lowest BCUT2D eigenvalue weighted by Gasteiger charge is -2.46. The Morgan fingerprint density at radius 3 is 2.73 bits per heavy atom. The summed E-state index contributed by atoms with van der Waals surface area (Å²) < 4.78 is 64.0. The zero-order valence-corrected chi connectivity index (χ0v) is 23.6. The third kappa shape index (κ3) is 4.42. The molecule has 13 heteroatoms. The molecule has 8 nitrogen and oxygen atoms in total. The molecule has 4 unspecified atom stereocenters. The van der Waals surface area contributed by atoms with Crippen molar-refractivity contribution in [2.75, 3.05) is 24.2 Å². The smallest absolute Gasteiger partial charge is 0.393 e. The summed E-state index contributed by atoms with van der Waals surface area (Å²) in [6.45, 7) is 6.06. The number of nitrogens with zero attached hydrogens (tertiary/aromatic N) is 3. The molecule has 5 heterocycles. The number of hydrogen-bond acceptors (Lipinski definition) is 7. The molecule has 0 radical (unpaired) electrons. The van der Waals surface area contributed by atoms with Gasteiger partial charge in [-0.2, -0.15) is 13.2 Å². The maximum Gasteiger partial charge on any atom is 0.393 e. The van der Waals surface area contributed by atoms with E-state index in [0.717, 1.165) is 12.8 Å². The van der Waals surface area contributed by atoms with Gasteiger partial charge in [0, 0.05) is 46.8 Å². The second-order valence-corrected chi connectivity index (χ2v) is 11.8. The van der Waals surface area contributed by atoms with Crippen molar-refractivity contribution in [1.82, 2.24) is 20.6 Å². The van der Waals surface area contributed by atoms with Crippen molar-refractivity contribution in [2.24, 2.45) is 0 Å². The number of carbonyl (C=O) groups excluding carboxylic acids is 1. The highest BCUT2D eigenvalue weighted by molar-refractivity contribution is 6.32. The number of aryl methyl sites for hydroxylation is 1. The Bertz CT molecular complexity index is 1620. The predicted octanol–water partition coefficient (Wildman–Crippen LogP) is 4.92. The van der Waals surface area contributed by atoms with Crippen molar-refractivity contribution < 1.29 is 27.1 Å². The largest absolute Gasteiger partial charge is 0.472 e. The molecule has 2 fully saturated rings. The van der Waals surface area contributed by atoms with E-state index in [1.54, 1.807) is 6.92 Å². The van der Waals surface area contributed by atoms with Crippen molar-refractivity contribution in [3.63, 3.8) is 0 Å². The molecular formula is C28H29ClF4N6O2. The lowest BCUT2D eigenvalue weighted by Crippen LogP contribution is -2.66. The molecule has 6 rings (SSSR count). The van der Waals surface area contributed by atoms with Crippen LogP contribution in [0.15, 0.2) is 12.1 Å². The minimum Gasteiger partial charge on any atom is -0.472 e. The van der Waals surface area contributed by atoms with E-state index in [1.165, 1.54) is 19.2 Å². The minimum atomic E-state index is -4.64. The highest BCUT2D eigenvalue weighted by Gasteiger charge is 2.51. The fourth-order valence-corrected chi connectivity index (χ4v) is 7.01. The van der Waals surface area contributed by atoms with E-state index in [4.69, 9.17) is 27.1 Å². The number of hydrogen-bond donors (Lipinski definition) is 3. The summed E-state index contributed by atoms with van der Waals surface area (Å²) in [4.78, 5) is 24.3. The summed E-state index contributed by atoms with van der Waals surface area (Å²) in [5.41, 5.74) is 5.02. The van der Waals surface area contributed by atoms with Gasteiger partial charge in [0.25, 0.3) is 5.91 Å². The lowest BCUT2D eigenvalue weighted by atomic mass is 9.94. The van der Waals surface area contributed by atoms with Gasteiger partial charge in [-0.05, 0) is 56.9 Å². The van der Waals surface area contributed by atoms with Crippen molar-refractivity contribution in [2.45, 2.75) is 69.9 Å². The Morgan fingerprint density at radius 2 is 2.05 bits per heavy atom. The number of rotatable bonds is 3. The normalized spacial score (nSPS) is 25.1. The highest BCUT2D eigenvalue weighted by atomic mass is 35.5. The lowest BCUT2D eigenvalue weighted by molar-refractivity contribution is -0.127. The zero-order chi connectivity index (χ0) is 29.6. The Morgan fingerprint density at radius 1 is 1.32 bits per heavy atom. The Labute approximate surface area is 238 Å². The number of halogens is 5. The van der Waals surface area contributed by atoms with E-state index in [1.807, 2.05) is 6.92 Å². The number of pyridine rings is 2. The molecule has 2 aromatic heterocycles. The SMILES string of the molecule is CNC(=O)c1nc2c3c(nc(-c4cc(N)cc(Cl)c4CC(F)(F)F)c(F)c3c1C)OC(C)C1C3CCC(C)(CN21)N3. The molecule has 41 heavy (non-hydrogen) atoms. The molecule has 0 spiro atoms. The molecule has 3 aliphatic rings. The van der Waals surface area contributed by atoms with Gasteiger partial charge in [-0.25, -0.2) is 14.4 Å². The van der Waals surface area contributed by atoms with Crippen LogP contribution in [0, 0.1) is 12.7 Å². The van der Waals surface area contributed by atoms with Crippen LogP contribution in [0.2, 0.25) is 5.02 Å². The number of carbonyl (C=O) groups is 1. The molecule has 3 aromatic rings. The number of nitrogens with one attached hydrogen (secondary N) is 2. The Kier molecular flexibility index (Phi) is 6.31. The number of ether oxygens (including phenoxy) is 1. The van der Waals surface area contributed by atoms with Crippen LogP contribution in [0.1, 0.15) is 48.3 Å². The number of alkyl halides is 3. The topological polar surface area (TPSA) is 105 Å². The summed E-state index contributed by atoms with van der Waals surface area (Å²) in [5.74, 6) is -1.07. The van der Waals surface area contributed by atoms with Crippen molar-refractivity contribution in [3.05, 3.63) is 39.8 Å². The third-order valence-electron chi connectivity index (χ3n) is 8.45. The van der Waals surface area contributed by atoms with E-state index in [9.17, 15) is 18.0 Å². The number of aromatic nitrogens is 2. The monoisotopic (exact) mass is 592 g/mol. The second kappa shape index (κ2) is 9.32. The fraction of sp³-hybridized carbons (Fsp3) is 0.464. The van der Waals surface area contributed by atoms with E-state index in [0.29, 0.717) is 12.4 Å². The number of benzene rings is 1. The zero-order valence-electron chi connectivity index (χ0n) is 22.8. The summed E-state index contributed by atoms with van der Waals surface area (Å²) in [6, 6.07) is 2.23. The van der Waals surface area contributed by atoms with Gasteiger partial charge in [-0.15, -0.1) is 0 Å². The highest BCUT2D eigenvalue weighted by Crippen LogP contribution is 2.48. The van der Waals surface area contributed by atoms with Crippen LogP contribution in [0.3, 0.4) is 0 Å². The number of anilines is 2. The van der Waals surface area contributed by atoms with Gasteiger partial charge in [0.05, 0.1) is 17.8 Å². The van der Waals surface area contributed by atoms with E-state index in [2.05, 4.69) is 27.4 Å². The molecule has 3 aliphatic heterocycles. The van der Waals surface area contributed by atoms with Gasteiger partial charge in [-0.1, -0.05) is 11.6 Å². The first-order chi connectivity index (χ1) is 19.2. The van der Waals surface area contributed by atoms with Crippen LogP contribution in [-0.2, 0) is 6.42 Å². The average molecular weight is 593 g/mol. The maximum absolute atomic E-state index is 16.8. The summed E-state index contributed by atoms with van der Waals surface area (Å²) in [5, 5.41) is 6.24. The quantitative estimate of drug-likeness (QED) is 0.293. The van der Waals surface area contributed by atoms with Gasteiger partial charge >= 0.3 is 6.18 Å². The second-order valence-electron chi connectivity index (χ2n) is 11.4. The molecule has 1 aromatic carbocycles. The number of piperazine rings is 1. The Hall–Kier alpha value is -3.38. The molecule has 1 amide bonds. The van der Waals surface area contributed by atoms with E-state index in [-0.39, 0.29) is 67.4 Å². The van der Waals surface area contributed by atoms with Gasteiger partial charge in [0.15, 0.2) is 5.82 Å². The fourth-order valence-electron chi connectivity index (χ4n) is 6.71. The first-order valence-electron chi connectivity index (χ1n) is 13.3. The van der Waals surface area contributed by atoms with Crippen LogP contribution in [0.5, 0.6) is 5.88 Å². The number of amides is 1. The van der Waals surface area contributed by atoms with Crippen molar-refractivity contribution >= 4 is 39.8 Å².